The second kappa shape index (κ2) is 14.8. The van der Waals surface area contributed by atoms with Crippen molar-refractivity contribution in [3.05, 3.63) is 70.3 Å². The quantitative estimate of drug-likeness (QED) is 0.126. The molecule has 37 heavy (non-hydrogen) atoms. The molecule has 0 atom stereocenters. The molecule has 0 heterocycles. The van der Waals surface area contributed by atoms with E-state index >= 15 is 0 Å². The Hall–Kier alpha value is -3.64. The monoisotopic (exact) mass is 517 g/mol. The van der Waals surface area contributed by atoms with Crippen molar-refractivity contribution in [2.75, 3.05) is 0 Å². The zero-order valence-corrected chi connectivity index (χ0v) is 20.4. The first-order valence-electron chi connectivity index (χ1n) is 12.1. The molecule has 0 radical (unpaired) electrons. The summed E-state index contributed by atoms with van der Waals surface area (Å²) in [6.45, 7) is 0.384. The van der Waals surface area contributed by atoms with Gasteiger partial charge in [0.25, 0.3) is 5.78 Å². The van der Waals surface area contributed by atoms with E-state index in [0.29, 0.717) is 12.6 Å². The van der Waals surface area contributed by atoms with E-state index in [1.165, 1.54) is 0 Å². The summed E-state index contributed by atoms with van der Waals surface area (Å²) < 4.78 is 38.9. The third-order valence-electron chi connectivity index (χ3n) is 5.65. The Bertz CT molecular complexity index is 1130. The number of Topliss-reactive ketones (excluding diaryl/α,β-unsaturated/α-hetero) is 1. The molecule has 0 unspecified atom stereocenters. The molecule has 0 aliphatic heterocycles. The fourth-order valence-electron chi connectivity index (χ4n) is 3.64. The third kappa shape index (κ3) is 10.9. The number of aliphatic carboxylic acids is 2. The minimum absolute atomic E-state index is 0.0214. The topological polar surface area (TPSA) is 104 Å². The molecule has 2 aromatic carbocycles. The summed E-state index contributed by atoms with van der Waals surface area (Å²) in [5.74, 6) is 2.30. The molecule has 0 saturated heterocycles. The smallest absolute Gasteiger partial charge is 0.416 e. The van der Waals surface area contributed by atoms with Gasteiger partial charge in [-0.15, -0.1) is 0 Å². The fourth-order valence-corrected chi connectivity index (χ4v) is 3.64. The number of alkyl halides is 3. The third-order valence-corrected chi connectivity index (χ3v) is 5.65. The van der Waals surface area contributed by atoms with Crippen LogP contribution in [0.15, 0.2) is 42.5 Å². The molecule has 0 aromatic heterocycles. The normalized spacial score (nSPS) is 11.0. The molecule has 0 fully saturated rings. The standard InChI is InChI=1S/C28H30F3NO5/c29-28(30,31)23-16-15-22(24(17-23)26(35)27(36)37)19-32-18-21-13-11-20(12-14-21)9-7-5-3-1-2-4-6-8-10-25(33)34/h11-17,32H,1-6,8,10,18-19H2,(H,33,34)(H,36,37). The average molecular weight is 518 g/mol. The number of halogens is 3. The van der Waals surface area contributed by atoms with Gasteiger partial charge in [-0.2, -0.15) is 13.2 Å². The minimum Gasteiger partial charge on any atom is -0.481 e. The van der Waals surface area contributed by atoms with Crippen LogP contribution >= 0.6 is 0 Å². The Kier molecular flexibility index (Phi) is 11.8. The molecule has 2 rings (SSSR count). The van der Waals surface area contributed by atoms with Crippen LogP contribution in [-0.2, 0) is 28.9 Å². The number of carbonyl (C=O) groups excluding carboxylic acids is 1. The number of ketones is 1. The molecular weight excluding hydrogens is 487 g/mol. The summed E-state index contributed by atoms with van der Waals surface area (Å²) in [5.41, 5.74) is 0.355. The molecule has 0 saturated carbocycles. The van der Waals surface area contributed by atoms with Crippen molar-refractivity contribution in [2.24, 2.45) is 0 Å². The Morgan fingerprint density at radius 3 is 2.11 bits per heavy atom. The van der Waals surface area contributed by atoms with Crippen LogP contribution in [0.3, 0.4) is 0 Å². The van der Waals surface area contributed by atoms with E-state index in [2.05, 4.69) is 17.2 Å². The SMILES string of the molecule is O=C(O)CCCCCCCCC#Cc1ccc(CNCc2ccc(C(F)(F)F)cc2C(=O)C(=O)O)cc1. The van der Waals surface area contributed by atoms with Gasteiger partial charge in [0, 0.05) is 37.1 Å². The number of nitrogens with one attached hydrogen (secondary N) is 1. The van der Waals surface area contributed by atoms with Crippen LogP contribution in [0.4, 0.5) is 13.2 Å². The Labute approximate surface area is 213 Å². The molecule has 9 heteroatoms. The molecule has 3 N–H and O–H groups in total. The van der Waals surface area contributed by atoms with Crippen molar-refractivity contribution < 1.29 is 37.8 Å². The first-order chi connectivity index (χ1) is 17.6. The lowest BCUT2D eigenvalue weighted by molar-refractivity contribution is -0.138. The van der Waals surface area contributed by atoms with Crippen molar-refractivity contribution in [1.82, 2.24) is 5.32 Å². The number of carboxylic acid groups (broad SMARTS) is 2. The first kappa shape index (κ1) is 29.6. The number of benzene rings is 2. The number of carboxylic acids is 2. The number of carbonyl (C=O) groups is 3. The van der Waals surface area contributed by atoms with Crippen molar-refractivity contribution >= 4 is 17.7 Å². The van der Waals surface area contributed by atoms with Crippen LogP contribution in [0.1, 0.15) is 84.0 Å². The van der Waals surface area contributed by atoms with Gasteiger partial charge < -0.3 is 15.5 Å². The van der Waals surface area contributed by atoms with Crippen molar-refractivity contribution in [2.45, 2.75) is 70.6 Å². The van der Waals surface area contributed by atoms with E-state index in [9.17, 15) is 27.6 Å². The van der Waals surface area contributed by atoms with Gasteiger partial charge in [-0.05, 0) is 48.2 Å². The second-order valence-corrected chi connectivity index (χ2v) is 8.62. The summed E-state index contributed by atoms with van der Waals surface area (Å²) >= 11 is 0. The van der Waals surface area contributed by atoms with Gasteiger partial charge in [-0.1, -0.05) is 55.7 Å². The minimum atomic E-state index is -4.69. The molecule has 198 valence electrons. The van der Waals surface area contributed by atoms with Crippen molar-refractivity contribution in [3.63, 3.8) is 0 Å². The molecule has 0 bridgehead atoms. The molecular formula is C28H30F3NO5. The van der Waals surface area contributed by atoms with Crippen LogP contribution in [0.2, 0.25) is 0 Å². The predicted octanol–water partition coefficient (Wildman–Crippen LogP) is 5.82. The second-order valence-electron chi connectivity index (χ2n) is 8.62. The molecule has 2 aromatic rings. The van der Waals surface area contributed by atoms with E-state index < -0.39 is 35.0 Å². The summed E-state index contributed by atoms with van der Waals surface area (Å²) in [6, 6.07) is 9.97. The van der Waals surface area contributed by atoms with Gasteiger partial charge in [-0.3, -0.25) is 9.59 Å². The van der Waals surface area contributed by atoms with Gasteiger partial charge in [0.05, 0.1) is 5.56 Å². The van der Waals surface area contributed by atoms with E-state index in [1.807, 2.05) is 24.3 Å². The zero-order chi connectivity index (χ0) is 27.3. The maximum absolute atomic E-state index is 13.0. The van der Waals surface area contributed by atoms with Gasteiger partial charge in [0.15, 0.2) is 0 Å². The summed E-state index contributed by atoms with van der Waals surface area (Å²) in [5, 5.41) is 20.6. The van der Waals surface area contributed by atoms with E-state index in [1.54, 1.807) is 0 Å². The van der Waals surface area contributed by atoms with Gasteiger partial charge in [0.2, 0.25) is 0 Å². The largest absolute Gasteiger partial charge is 0.481 e. The van der Waals surface area contributed by atoms with Crippen LogP contribution < -0.4 is 5.32 Å². The van der Waals surface area contributed by atoms with Crippen LogP contribution in [0, 0.1) is 11.8 Å². The fraction of sp³-hybridized carbons (Fsp3) is 0.393. The number of rotatable bonds is 14. The maximum Gasteiger partial charge on any atom is 0.416 e. The maximum atomic E-state index is 13.0. The molecule has 0 spiro atoms. The molecule has 6 nitrogen and oxygen atoms in total. The first-order valence-corrected chi connectivity index (χ1v) is 12.1. The highest BCUT2D eigenvalue weighted by Crippen LogP contribution is 2.30. The van der Waals surface area contributed by atoms with Crippen LogP contribution in [-0.4, -0.2) is 27.9 Å². The Morgan fingerprint density at radius 2 is 1.49 bits per heavy atom. The van der Waals surface area contributed by atoms with Gasteiger partial charge in [-0.25, -0.2) is 4.79 Å². The van der Waals surface area contributed by atoms with Crippen molar-refractivity contribution in [1.29, 1.82) is 0 Å². The Morgan fingerprint density at radius 1 is 0.838 bits per heavy atom. The highest BCUT2D eigenvalue weighted by Gasteiger charge is 2.32. The molecule has 0 aliphatic carbocycles. The van der Waals surface area contributed by atoms with Gasteiger partial charge in [0.1, 0.15) is 0 Å². The number of hydrogen-bond donors (Lipinski definition) is 3. The van der Waals surface area contributed by atoms with Crippen LogP contribution in [0.5, 0.6) is 0 Å². The van der Waals surface area contributed by atoms with E-state index in [0.717, 1.165) is 68.2 Å². The highest BCUT2D eigenvalue weighted by molar-refractivity contribution is 6.40. The summed E-state index contributed by atoms with van der Waals surface area (Å²) in [4.78, 5) is 33.4. The highest BCUT2D eigenvalue weighted by atomic mass is 19.4. The lowest BCUT2D eigenvalue weighted by atomic mass is 9.99. The molecule has 0 amide bonds. The number of hydrogen-bond acceptors (Lipinski definition) is 4. The molecule has 0 aliphatic rings. The lowest BCUT2D eigenvalue weighted by Gasteiger charge is -2.13. The van der Waals surface area contributed by atoms with E-state index in [-0.39, 0.29) is 18.5 Å². The summed E-state index contributed by atoms with van der Waals surface area (Å²) in [6.07, 6.45) is 2.14. The predicted molar refractivity (Wildman–Crippen MR) is 132 cm³/mol. The van der Waals surface area contributed by atoms with E-state index in [4.69, 9.17) is 10.2 Å². The average Bonchev–Trinajstić information content (AvgIpc) is 2.85. The van der Waals surface area contributed by atoms with Crippen molar-refractivity contribution in [3.8, 4) is 11.8 Å². The summed E-state index contributed by atoms with van der Waals surface area (Å²) in [7, 11) is 0. The zero-order valence-electron chi connectivity index (χ0n) is 20.4. The Balaban J connectivity index is 1.79. The van der Waals surface area contributed by atoms with Gasteiger partial charge >= 0.3 is 18.1 Å². The number of unbranched alkanes of at least 4 members (excludes halogenated alkanes) is 6. The lowest BCUT2D eigenvalue weighted by Crippen LogP contribution is -2.20. The van der Waals surface area contributed by atoms with Crippen LogP contribution in [0.25, 0.3) is 0 Å².